The van der Waals surface area contributed by atoms with Crippen LogP contribution in [0, 0.1) is 0 Å². The molecule has 0 amide bonds. The van der Waals surface area contributed by atoms with Crippen molar-refractivity contribution in [2.75, 3.05) is 11.9 Å². The van der Waals surface area contributed by atoms with Crippen LogP contribution >= 0.6 is 27.3 Å². The van der Waals surface area contributed by atoms with Crippen molar-refractivity contribution in [1.29, 1.82) is 0 Å². The second-order valence-electron chi connectivity index (χ2n) is 4.39. The third-order valence-electron chi connectivity index (χ3n) is 2.95. The Bertz CT molecular complexity index is 627. The smallest absolute Gasteiger partial charge is 0.344 e. The first kappa shape index (κ1) is 17.1. The third kappa shape index (κ3) is 3.40. The van der Waals surface area contributed by atoms with Crippen molar-refractivity contribution in [2.45, 2.75) is 12.4 Å². The number of halogens is 7. The molecule has 1 nitrogen and oxygen atoms in total. The largest absolute Gasteiger partial charge is 0.417 e. The van der Waals surface area contributed by atoms with Gasteiger partial charge in [0.25, 0.3) is 0 Å². The van der Waals surface area contributed by atoms with Crippen LogP contribution in [0.1, 0.15) is 11.1 Å². The maximum Gasteiger partial charge on any atom is 0.417 e. The molecule has 1 heterocycles. The Balaban J connectivity index is 2.65. The van der Waals surface area contributed by atoms with Gasteiger partial charge < -0.3 is 4.90 Å². The van der Waals surface area contributed by atoms with Gasteiger partial charge in [-0.1, -0.05) is 0 Å². The molecule has 1 aromatic carbocycles. The van der Waals surface area contributed by atoms with Crippen molar-refractivity contribution < 1.29 is 26.3 Å². The number of thiophene rings is 1. The van der Waals surface area contributed by atoms with Crippen molar-refractivity contribution in [3.8, 4) is 0 Å². The molecule has 0 fully saturated rings. The van der Waals surface area contributed by atoms with Crippen molar-refractivity contribution >= 4 is 38.6 Å². The van der Waals surface area contributed by atoms with Crippen molar-refractivity contribution in [1.82, 2.24) is 0 Å². The quantitative estimate of drug-likeness (QED) is 0.530. The van der Waals surface area contributed by atoms with Crippen LogP contribution in [0.15, 0.2) is 33.4 Å². The number of nitrogens with zero attached hydrogens (tertiary/aromatic N) is 1. The van der Waals surface area contributed by atoms with Gasteiger partial charge in [-0.15, -0.1) is 0 Å². The third-order valence-corrected chi connectivity index (χ3v) is 4.47. The highest BCUT2D eigenvalue weighted by atomic mass is 79.9. The van der Waals surface area contributed by atoms with Gasteiger partial charge in [0, 0.05) is 22.6 Å². The van der Waals surface area contributed by atoms with Gasteiger partial charge in [0.05, 0.1) is 16.8 Å². The molecule has 22 heavy (non-hydrogen) atoms. The summed E-state index contributed by atoms with van der Waals surface area (Å²) >= 11 is 3.72. The molecule has 0 spiro atoms. The summed E-state index contributed by atoms with van der Waals surface area (Å²) in [6.45, 7) is 0. The van der Waals surface area contributed by atoms with E-state index in [1.807, 2.05) is 0 Å². The minimum atomic E-state index is -4.90. The Kier molecular flexibility index (Phi) is 4.49. The fraction of sp³-hybridized carbons (Fsp3) is 0.231. The average molecular weight is 404 g/mol. The van der Waals surface area contributed by atoms with E-state index in [1.165, 1.54) is 23.3 Å². The normalized spacial score (nSPS) is 12.5. The van der Waals surface area contributed by atoms with Crippen LogP contribution in [0.5, 0.6) is 0 Å². The van der Waals surface area contributed by atoms with E-state index in [1.54, 1.807) is 16.8 Å². The lowest BCUT2D eigenvalue weighted by Gasteiger charge is -2.23. The molecule has 2 aromatic rings. The van der Waals surface area contributed by atoms with Gasteiger partial charge in [-0.05, 0) is 39.5 Å². The zero-order valence-corrected chi connectivity index (χ0v) is 13.3. The van der Waals surface area contributed by atoms with Crippen molar-refractivity contribution in [3.63, 3.8) is 0 Å². The molecular formula is C13H8BrF6NS. The standard InChI is InChI=1S/C13H8BrF6NS/c1-21(7-2-3-22-6-7)8-4-9(12(15,16)17)11(14)10(5-8)13(18,19)20/h2-6H,1H3. The monoisotopic (exact) mass is 403 g/mol. The van der Waals surface area contributed by atoms with E-state index in [-0.39, 0.29) is 5.69 Å². The maximum atomic E-state index is 13.0. The molecule has 0 saturated heterocycles. The lowest BCUT2D eigenvalue weighted by atomic mass is 10.1. The molecule has 0 aliphatic rings. The van der Waals surface area contributed by atoms with Crippen LogP contribution in [0.3, 0.4) is 0 Å². The van der Waals surface area contributed by atoms with E-state index >= 15 is 0 Å². The second kappa shape index (κ2) is 5.77. The number of hydrogen-bond donors (Lipinski definition) is 0. The number of benzene rings is 1. The van der Waals surface area contributed by atoms with E-state index in [9.17, 15) is 26.3 Å². The summed E-state index contributed by atoms with van der Waals surface area (Å²) in [5, 5.41) is 3.31. The Labute approximate surface area is 134 Å². The summed E-state index contributed by atoms with van der Waals surface area (Å²) in [5.74, 6) is 0. The Morgan fingerprint density at radius 1 is 0.955 bits per heavy atom. The van der Waals surface area contributed by atoms with Gasteiger partial charge in [-0.2, -0.15) is 37.7 Å². The highest BCUT2D eigenvalue weighted by Gasteiger charge is 2.41. The van der Waals surface area contributed by atoms with Crippen molar-refractivity contribution in [2.24, 2.45) is 0 Å². The molecule has 0 N–H and O–H groups in total. The van der Waals surface area contributed by atoms with Crippen LogP contribution < -0.4 is 4.90 Å². The molecular weight excluding hydrogens is 396 g/mol. The summed E-state index contributed by atoms with van der Waals surface area (Å²) < 4.78 is 76.9. The van der Waals surface area contributed by atoms with Gasteiger partial charge in [-0.3, -0.25) is 0 Å². The van der Waals surface area contributed by atoms with Gasteiger partial charge in [-0.25, -0.2) is 0 Å². The average Bonchev–Trinajstić information content (AvgIpc) is 2.89. The van der Waals surface area contributed by atoms with Gasteiger partial charge >= 0.3 is 12.4 Å². The second-order valence-corrected chi connectivity index (χ2v) is 5.96. The van der Waals surface area contributed by atoms with Crippen LogP contribution in [0.2, 0.25) is 0 Å². The summed E-state index contributed by atoms with van der Waals surface area (Å²) in [4.78, 5) is 1.27. The molecule has 0 unspecified atom stereocenters. The Morgan fingerprint density at radius 2 is 1.45 bits per heavy atom. The number of hydrogen-bond acceptors (Lipinski definition) is 2. The lowest BCUT2D eigenvalue weighted by molar-refractivity contribution is -0.144. The fourth-order valence-electron chi connectivity index (χ4n) is 1.81. The van der Waals surface area contributed by atoms with Crippen LogP contribution in [-0.4, -0.2) is 7.05 Å². The minimum absolute atomic E-state index is 0.193. The fourth-order valence-corrected chi connectivity index (χ4v) is 3.16. The molecule has 0 aliphatic heterocycles. The predicted molar refractivity (Wildman–Crippen MR) is 76.5 cm³/mol. The summed E-state index contributed by atoms with van der Waals surface area (Å²) in [6.07, 6.45) is -9.80. The highest BCUT2D eigenvalue weighted by molar-refractivity contribution is 9.10. The number of anilines is 2. The zero-order valence-electron chi connectivity index (χ0n) is 10.9. The van der Waals surface area contributed by atoms with Crippen molar-refractivity contribution in [3.05, 3.63) is 44.6 Å². The maximum absolute atomic E-state index is 13.0. The number of alkyl halides is 6. The van der Waals surface area contributed by atoms with Crippen LogP contribution in [-0.2, 0) is 12.4 Å². The molecule has 2 rings (SSSR count). The van der Waals surface area contributed by atoms with E-state index in [4.69, 9.17) is 0 Å². The molecule has 0 bridgehead atoms. The van der Waals surface area contributed by atoms with Gasteiger partial charge in [0.2, 0.25) is 0 Å². The molecule has 0 aliphatic carbocycles. The van der Waals surface area contributed by atoms with E-state index in [2.05, 4.69) is 15.9 Å². The molecule has 0 atom stereocenters. The van der Waals surface area contributed by atoms with Crippen LogP contribution in [0.25, 0.3) is 0 Å². The summed E-state index contributed by atoms with van der Waals surface area (Å²) in [7, 11) is 1.41. The SMILES string of the molecule is CN(c1ccsc1)c1cc(C(F)(F)F)c(Br)c(C(F)(F)F)c1. The van der Waals surface area contributed by atoms with Gasteiger partial charge in [0.15, 0.2) is 0 Å². The van der Waals surface area contributed by atoms with Gasteiger partial charge in [0.1, 0.15) is 0 Å². The first-order valence-electron chi connectivity index (χ1n) is 5.75. The first-order valence-corrected chi connectivity index (χ1v) is 7.49. The summed E-state index contributed by atoms with van der Waals surface area (Å²) in [5.41, 5.74) is -2.41. The van der Waals surface area contributed by atoms with E-state index in [0.29, 0.717) is 17.8 Å². The molecule has 0 radical (unpaired) electrons. The Hall–Kier alpha value is -1.22. The molecule has 1 aromatic heterocycles. The van der Waals surface area contributed by atoms with Crippen LogP contribution in [0.4, 0.5) is 37.7 Å². The first-order chi connectivity index (χ1) is 10.0. The molecule has 120 valence electrons. The molecule has 9 heteroatoms. The lowest BCUT2D eigenvalue weighted by Crippen LogP contribution is -2.16. The Morgan fingerprint density at radius 3 is 1.82 bits per heavy atom. The topological polar surface area (TPSA) is 3.24 Å². The zero-order chi connectivity index (χ0) is 16.7. The van der Waals surface area contributed by atoms with E-state index < -0.39 is 28.0 Å². The predicted octanol–water partition coefficient (Wildman–Crippen LogP) is 6.32. The summed E-state index contributed by atoms with van der Waals surface area (Å²) in [6, 6.07) is 2.99. The molecule has 0 saturated carbocycles. The minimum Gasteiger partial charge on any atom is -0.344 e. The highest BCUT2D eigenvalue weighted by Crippen LogP contribution is 2.45. The van der Waals surface area contributed by atoms with E-state index in [0.717, 1.165) is 0 Å². The number of rotatable bonds is 2.